The number of unbranched alkanes of at least 4 members (excludes halogenated alkanes) is 6. The minimum Gasteiger partial charge on any atom is -0.311 e. The molecule has 0 saturated carbocycles. The Hall–Kier alpha value is -2.46. The van der Waals surface area contributed by atoms with Crippen molar-refractivity contribution in [2.75, 3.05) is 32.1 Å². The highest BCUT2D eigenvalue weighted by atomic mass is 16.2. The fraction of sp³-hybridized carbons (Fsp3) is 0.481. The molecule has 0 aliphatic carbocycles. The van der Waals surface area contributed by atoms with E-state index in [9.17, 15) is 9.59 Å². The predicted octanol–water partition coefficient (Wildman–Crippen LogP) is 5.95. The summed E-state index contributed by atoms with van der Waals surface area (Å²) in [6.07, 6.45) is 8.89. The maximum absolute atomic E-state index is 13.1. The summed E-state index contributed by atoms with van der Waals surface area (Å²) in [5.74, 6) is 0.120. The van der Waals surface area contributed by atoms with Gasteiger partial charge in [-0.1, -0.05) is 87.9 Å². The molecule has 0 atom stereocenters. The standard InChI is InChI=1S/C27H38N2O2/c1-4-5-6-7-8-9-13-19-26(30)29(21-20-28(2)3)25-18-14-17-24(22-25)27(31)23-15-11-10-12-16-23/h10-12,14-18,22H,4-9,13,19-21H2,1-3H3. The minimum absolute atomic E-state index is 0.0189. The van der Waals surface area contributed by atoms with Crippen molar-refractivity contribution in [3.05, 3.63) is 65.7 Å². The third kappa shape index (κ3) is 8.66. The number of ketones is 1. The molecule has 0 fully saturated rings. The molecule has 4 nitrogen and oxygen atoms in total. The number of amides is 1. The van der Waals surface area contributed by atoms with Gasteiger partial charge in [0, 0.05) is 36.3 Å². The van der Waals surface area contributed by atoms with Gasteiger partial charge < -0.3 is 9.80 Å². The molecular weight excluding hydrogens is 384 g/mol. The number of carbonyl (C=O) groups is 2. The first-order valence-electron chi connectivity index (χ1n) is 11.7. The molecule has 1 amide bonds. The smallest absolute Gasteiger partial charge is 0.227 e. The van der Waals surface area contributed by atoms with Crippen LogP contribution in [0.4, 0.5) is 5.69 Å². The largest absolute Gasteiger partial charge is 0.311 e. The topological polar surface area (TPSA) is 40.6 Å². The van der Waals surface area contributed by atoms with Gasteiger partial charge in [-0.3, -0.25) is 9.59 Å². The molecule has 31 heavy (non-hydrogen) atoms. The van der Waals surface area contributed by atoms with E-state index in [2.05, 4.69) is 11.8 Å². The number of nitrogens with zero attached hydrogens (tertiary/aromatic N) is 2. The molecule has 0 aliphatic rings. The second-order valence-electron chi connectivity index (χ2n) is 8.47. The van der Waals surface area contributed by atoms with Crippen molar-refractivity contribution in [1.82, 2.24) is 4.90 Å². The molecule has 4 heteroatoms. The highest BCUT2D eigenvalue weighted by molar-refractivity contribution is 6.09. The molecule has 2 rings (SSSR count). The number of hydrogen-bond donors (Lipinski definition) is 0. The van der Waals surface area contributed by atoms with Crippen molar-refractivity contribution in [1.29, 1.82) is 0 Å². The van der Waals surface area contributed by atoms with Crippen LogP contribution in [0.5, 0.6) is 0 Å². The molecule has 0 N–H and O–H groups in total. The Balaban J connectivity index is 2.05. The molecule has 0 aromatic heterocycles. The van der Waals surface area contributed by atoms with E-state index >= 15 is 0 Å². The van der Waals surface area contributed by atoms with Crippen LogP contribution in [0.15, 0.2) is 54.6 Å². The van der Waals surface area contributed by atoms with E-state index in [-0.39, 0.29) is 11.7 Å². The van der Waals surface area contributed by atoms with Gasteiger partial charge in [0.1, 0.15) is 0 Å². The summed E-state index contributed by atoms with van der Waals surface area (Å²) in [6, 6.07) is 16.8. The maximum Gasteiger partial charge on any atom is 0.227 e. The van der Waals surface area contributed by atoms with Gasteiger partial charge in [-0.25, -0.2) is 0 Å². The summed E-state index contributed by atoms with van der Waals surface area (Å²) in [6.45, 7) is 3.62. The number of rotatable bonds is 14. The van der Waals surface area contributed by atoms with Crippen LogP contribution in [0, 0.1) is 0 Å². The molecule has 2 aromatic carbocycles. The highest BCUT2D eigenvalue weighted by Crippen LogP contribution is 2.21. The van der Waals surface area contributed by atoms with Crippen molar-refractivity contribution >= 4 is 17.4 Å². The third-order valence-electron chi connectivity index (χ3n) is 5.52. The van der Waals surface area contributed by atoms with Crippen molar-refractivity contribution in [2.24, 2.45) is 0 Å². The molecular formula is C27H38N2O2. The summed E-state index contributed by atoms with van der Waals surface area (Å²) in [4.78, 5) is 29.9. The molecule has 0 aliphatic heterocycles. The van der Waals surface area contributed by atoms with Crippen LogP contribution in [0.3, 0.4) is 0 Å². The monoisotopic (exact) mass is 422 g/mol. The molecule has 168 valence electrons. The van der Waals surface area contributed by atoms with Gasteiger partial charge in [-0.15, -0.1) is 0 Å². The fourth-order valence-electron chi connectivity index (χ4n) is 3.64. The maximum atomic E-state index is 13.1. The normalized spacial score (nSPS) is 11.0. The summed E-state index contributed by atoms with van der Waals surface area (Å²) < 4.78 is 0. The molecule has 0 spiro atoms. The Morgan fingerprint density at radius 1 is 0.742 bits per heavy atom. The van der Waals surface area contributed by atoms with Crippen molar-refractivity contribution in [3.63, 3.8) is 0 Å². The average molecular weight is 423 g/mol. The van der Waals surface area contributed by atoms with Crippen LogP contribution in [0.2, 0.25) is 0 Å². The zero-order chi connectivity index (χ0) is 22.5. The van der Waals surface area contributed by atoms with E-state index in [4.69, 9.17) is 0 Å². The van der Waals surface area contributed by atoms with Crippen LogP contribution in [0.1, 0.15) is 74.2 Å². The van der Waals surface area contributed by atoms with Gasteiger partial charge >= 0.3 is 0 Å². The van der Waals surface area contributed by atoms with Gasteiger partial charge in [0.2, 0.25) is 5.91 Å². The van der Waals surface area contributed by atoms with Crippen molar-refractivity contribution in [2.45, 2.75) is 58.3 Å². The average Bonchev–Trinajstić information content (AvgIpc) is 2.78. The number of likely N-dealkylation sites (N-methyl/N-ethyl adjacent to an activating group) is 1. The molecule has 0 radical (unpaired) electrons. The van der Waals surface area contributed by atoms with Gasteiger partial charge in [0.15, 0.2) is 5.78 Å². The quantitative estimate of drug-likeness (QED) is 0.279. The van der Waals surface area contributed by atoms with Crippen molar-refractivity contribution in [3.8, 4) is 0 Å². The van der Waals surface area contributed by atoms with E-state index in [0.717, 1.165) is 25.1 Å². The molecule has 2 aromatic rings. The predicted molar refractivity (Wildman–Crippen MR) is 130 cm³/mol. The van der Waals surface area contributed by atoms with E-state index < -0.39 is 0 Å². The molecule has 0 bridgehead atoms. The Morgan fingerprint density at radius 3 is 2.06 bits per heavy atom. The Morgan fingerprint density at radius 2 is 1.39 bits per heavy atom. The summed E-state index contributed by atoms with van der Waals surface area (Å²) in [7, 11) is 4.02. The number of anilines is 1. The lowest BCUT2D eigenvalue weighted by molar-refractivity contribution is -0.118. The summed E-state index contributed by atoms with van der Waals surface area (Å²) >= 11 is 0. The first-order valence-corrected chi connectivity index (χ1v) is 11.7. The van der Waals surface area contributed by atoms with Gasteiger partial charge in [0.05, 0.1) is 0 Å². The lowest BCUT2D eigenvalue weighted by Crippen LogP contribution is -2.36. The zero-order valence-corrected chi connectivity index (χ0v) is 19.5. The summed E-state index contributed by atoms with van der Waals surface area (Å²) in [5.41, 5.74) is 2.08. The molecule has 0 heterocycles. The van der Waals surface area contributed by atoms with E-state index in [1.165, 1.54) is 32.1 Å². The zero-order valence-electron chi connectivity index (χ0n) is 19.5. The Bertz CT molecular complexity index is 802. The number of carbonyl (C=O) groups excluding carboxylic acids is 2. The van der Waals surface area contributed by atoms with E-state index in [0.29, 0.717) is 24.1 Å². The number of hydrogen-bond acceptors (Lipinski definition) is 3. The van der Waals surface area contributed by atoms with Crippen LogP contribution in [-0.4, -0.2) is 43.8 Å². The van der Waals surface area contributed by atoms with E-state index in [1.54, 1.807) is 0 Å². The van der Waals surface area contributed by atoms with Crippen molar-refractivity contribution < 1.29 is 9.59 Å². The second kappa shape index (κ2) is 13.8. The van der Waals surface area contributed by atoms with Crippen LogP contribution in [0.25, 0.3) is 0 Å². The third-order valence-corrected chi connectivity index (χ3v) is 5.52. The lowest BCUT2D eigenvalue weighted by atomic mass is 10.0. The van der Waals surface area contributed by atoms with Gasteiger partial charge in [0.25, 0.3) is 0 Å². The number of benzene rings is 2. The first-order chi connectivity index (χ1) is 15.0. The summed E-state index contributed by atoms with van der Waals surface area (Å²) in [5, 5.41) is 0. The van der Waals surface area contributed by atoms with Gasteiger partial charge in [-0.05, 0) is 32.6 Å². The SMILES string of the molecule is CCCCCCCCCC(=O)N(CCN(C)C)c1cccc(C(=O)c2ccccc2)c1. The lowest BCUT2D eigenvalue weighted by Gasteiger charge is -2.25. The Kier molecular flexibility index (Phi) is 11.0. The van der Waals surface area contributed by atoms with Crippen LogP contribution >= 0.6 is 0 Å². The van der Waals surface area contributed by atoms with Crippen LogP contribution < -0.4 is 4.90 Å². The van der Waals surface area contributed by atoms with Crippen LogP contribution in [-0.2, 0) is 4.79 Å². The first kappa shape index (κ1) is 24.8. The minimum atomic E-state index is -0.0189. The Labute approximate surface area is 188 Å². The van der Waals surface area contributed by atoms with Gasteiger partial charge in [-0.2, -0.15) is 0 Å². The highest BCUT2D eigenvalue weighted by Gasteiger charge is 2.17. The molecule has 0 unspecified atom stereocenters. The van der Waals surface area contributed by atoms with E-state index in [1.807, 2.05) is 73.6 Å². The molecule has 0 saturated heterocycles. The second-order valence-corrected chi connectivity index (χ2v) is 8.47. The fourth-order valence-corrected chi connectivity index (χ4v) is 3.64.